The molecule has 2 aliphatic rings. The van der Waals surface area contributed by atoms with Crippen molar-refractivity contribution < 1.29 is 14.3 Å². The van der Waals surface area contributed by atoms with Crippen molar-refractivity contribution in [1.29, 1.82) is 0 Å². The molecule has 16 heavy (non-hydrogen) atoms. The summed E-state index contributed by atoms with van der Waals surface area (Å²) < 4.78 is 10.6. The Bertz CT molecular complexity index is 244. The molecule has 1 aliphatic carbocycles. The van der Waals surface area contributed by atoms with Crippen molar-refractivity contribution in [2.45, 2.75) is 25.7 Å². The van der Waals surface area contributed by atoms with E-state index in [9.17, 15) is 4.79 Å². The van der Waals surface area contributed by atoms with Crippen LogP contribution in [0.1, 0.15) is 25.7 Å². The zero-order valence-corrected chi connectivity index (χ0v) is 9.98. The third kappa shape index (κ3) is 2.55. The summed E-state index contributed by atoms with van der Waals surface area (Å²) in [4.78, 5) is 14.1. The maximum Gasteiger partial charge on any atom is 0.227 e. The quantitative estimate of drug-likeness (QED) is 0.728. The predicted molar refractivity (Wildman–Crippen MR) is 59.9 cm³/mol. The predicted octanol–water partition coefficient (Wildman–Crippen LogP) is 1.26. The number of carbonyl (C=O) groups is 1. The van der Waals surface area contributed by atoms with Crippen LogP contribution in [0.4, 0.5) is 0 Å². The molecule has 2 atom stereocenters. The van der Waals surface area contributed by atoms with Gasteiger partial charge in [-0.15, -0.1) is 0 Å². The van der Waals surface area contributed by atoms with Gasteiger partial charge in [0.1, 0.15) is 6.73 Å². The Morgan fingerprint density at radius 1 is 1.44 bits per heavy atom. The van der Waals surface area contributed by atoms with E-state index in [0.717, 1.165) is 19.4 Å². The maximum atomic E-state index is 12.3. The molecule has 0 aromatic rings. The molecule has 1 saturated carbocycles. The topological polar surface area (TPSA) is 38.8 Å². The number of ether oxygens (including phenoxy) is 2. The van der Waals surface area contributed by atoms with Gasteiger partial charge in [-0.3, -0.25) is 4.79 Å². The summed E-state index contributed by atoms with van der Waals surface area (Å²) in [6, 6.07) is 0. The van der Waals surface area contributed by atoms with Crippen LogP contribution in [0.15, 0.2) is 0 Å². The highest BCUT2D eigenvalue weighted by Crippen LogP contribution is 2.33. The number of methoxy groups -OCH3 is 1. The molecule has 0 spiro atoms. The average Bonchev–Trinajstić information content (AvgIpc) is 2.47. The van der Waals surface area contributed by atoms with Gasteiger partial charge in [-0.05, 0) is 18.8 Å². The van der Waals surface area contributed by atoms with Crippen molar-refractivity contribution in [2.75, 3.05) is 33.6 Å². The fourth-order valence-corrected chi connectivity index (χ4v) is 2.72. The van der Waals surface area contributed by atoms with Crippen molar-refractivity contribution in [1.82, 2.24) is 4.90 Å². The number of carbonyl (C=O) groups excluding carboxylic acids is 1. The van der Waals surface area contributed by atoms with Gasteiger partial charge in [0, 0.05) is 19.6 Å². The molecule has 92 valence electrons. The van der Waals surface area contributed by atoms with Gasteiger partial charge in [0.2, 0.25) is 5.91 Å². The van der Waals surface area contributed by atoms with E-state index in [1.54, 1.807) is 12.0 Å². The van der Waals surface area contributed by atoms with E-state index in [-0.39, 0.29) is 11.8 Å². The molecular formula is C12H21NO3. The first-order valence-electron chi connectivity index (χ1n) is 6.18. The minimum atomic E-state index is 0.202. The van der Waals surface area contributed by atoms with Crippen molar-refractivity contribution in [3.8, 4) is 0 Å². The van der Waals surface area contributed by atoms with Gasteiger partial charge in [0.15, 0.2) is 0 Å². The fraction of sp³-hybridized carbons (Fsp3) is 0.917. The monoisotopic (exact) mass is 227 g/mol. The van der Waals surface area contributed by atoms with E-state index in [1.807, 2.05) is 0 Å². The fourth-order valence-electron chi connectivity index (χ4n) is 2.72. The van der Waals surface area contributed by atoms with Gasteiger partial charge in [-0.25, -0.2) is 0 Å². The van der Waals surface area contributed by atoms with Gasteiger partial charge in [-0.1, -0.05) is 12.8 Å². The molecule has 0 radical (unpaired) electrons. The zero-order chi connectivity index (χ0) is 11.4. The van der Waals surface area contributed by atoms with E-state index in [4.69, 9.17) is 9.47 Å². The maximum absolute atomic E-state index is 12.3. The molecular weight excluding hydrogens is 206 g/mol. The molecule has 0 N–H and O–H groups in total. The Morgan fingerprint density at radius 2 is 2.25 bits per heavy atom. The lowest BCUT2D eigenvalue weighted by atomic mass is 9.79. The zero-order valence-electron chi connectivity index (χ0n) is 9.98. The van der Waals surface area contributed by atoms with Crippen LogP contribution in [0, 0.1) is 11.8 Å². The smallest absolute Gasteiger partial charge is 0.227 e. The first-order valence-corrected chi connectivity index (χ1v) is 6.18. The van der Waals surface area contributed by atoms with E-state index in [0.29, 0.717) is 25.8 Å². The molecule has 1 heterocycles. The number of amides is 1. The van der Waals surface area contributed by atoms with Crippen molar-refractivity contribution in [3.63, 3.8) is 0 Å². The minimum absolute atomic E-state index is 0.202. The molecule has 0 aromatic carbocycles. The molecule has 1 saturated heterocycles. The van der Waals surface area contributed by atoms with Crippen LogP contribution in [0.3, 0.4) is 0 Å². The van der Waals surface area contributed by atoms with Crippen LogP contribution in [0.25, 0.3) is 0 Å². The molecule has 0 bridgehead atoms. The molecule has 2 fully saturated rings. The Kier molecular flexibility index (Phi) is 4.18. The lowest BCUT2D eigenvalue weighted by Crippen LogP contribution is -2.40. The van der Waals surface area contributed by atoms with Gasteiger partial charge < -0.3 is 14.4 Å². The van der Waals surface area contributed by atoms with E-state index < -0.39 is 0 Å². The number of nitrogens with zero attached hydrogens (tertiary/aromatic N) is 1. The summed E-state index contributed by atoms with van der Waals surface area (Å²) in [5.74, 6) is 0.932. The molecule has 1 amide bonds. The highest BCUT2D eigenvalue weighted by molar-refractivity contribution is 5.79. The summed E-state index contributed by atoms with van der Waals surface area (Å²) in [5, 5.41) is 0. The van der Waals surface area contributed by atoms with Crippen LogP contribution >= 0.6 is 0 Å². The molecule has 2 unspecified atom stereocenters. The third-order valence-corrected chi connectivity index (χ3v) is 3.68. The molecule has 1 aliphatic heterocycles. The summed E-state index contributed by atoms with van der Waals surface area (Å²) in [5.41, 5.74) is 0. The van der Waals surface area contributed by atoms with Crippen LogP contribution in [-0.2, 0) is 14.3 Å². The highest BCUT2D eigenvalue weighted by atomic mass is 16.5. The second-order valence-electron chi connectivity index (χ2n) is 4.75. The summed E-state index contributed by atoms with van der Waals surface area (Å²) in [7, 11) is 1.66. The third-order valence-electron chi connectivity index (χ3n) is 3.68. The van der Waals surface area contributed by atoms with Gasteiger partial charge in [0.05, 0.1) is 13.2 Å². The molecule has 4 nitrogen and oxygen atoms in total. The Hall–Kier alpha value is -0.610. The van der Waals surface area contributed by atoms with Crippen molar-refractivity contribution in [3.05, 3.63) is 0 Å². The van der Waals surface area contributed by atoms with Crippen molar-refractivity contribution in [2.24, 2.45) is 11.8 Å². The Morgan fingerprint density at radius 3 is 3.06 bits per heavy atom. The first kappa shape index (κ1) is 11.9. The molecule has 2 rings (SSSR count). The standard InChI is InChI=1S/C12H21NO3/c1-15-7-6-13-9-16-8-10-4-2-3-5-11(10)12(13)14/h10-11H,2-9H2,1H3. The second-order valence-corrected chi connectivity index (χ2v) is 4.75. The van der Waals surface area contributed by atoms with E-state index >= 15 is 0 Å². The van der Waals surface area contributed by atoms with E-state index in [2.05, 4.69) is 0 Å². The SMILES string of the molecule is COCCN1COCC2CCCCC2C1=O. The lowest BCUT2D eigenvalue weighted by Gasteiger charge is -2.29. The Labute approximate surface area is 96.9 Å². The largest absolute Gasteiger partial charge is 0.383 e. The Balaban J connectivity index is 1.98. The lowest BCUT2D eigenvalue weighted by molar-refractivity contribution is -0.139. The second kappa shape index (κ2) is 5.64. The first-order chi connectivity index (χ1) is 7.83. The van der Waals surface area contributed by atoms with E-state index in [1.165, 1.54) is 12.8 Å². The highest BCUT2D eigenvalue weighted by Gasteiger charge is 2.36. The van der Waals surface area contributed by atoms with Crippen LogP contribution in [-0.4, -0.2) is 44.4 Å². The summed E-state index contributed by atoms with van der Waals surface area (Å²) in [6.07, 6.45) is 4.62. The number of hydrogen-bond donors (Lipinski definition) is 0. The van der Waals surface area contributed by atoms with Crippen LogP contribution in [0.2, 0.25) is 0 Å². The number of hydrogen-bond acceptors (Lipinski definition) is 3. The molecule has 0 aromatic heterocycles. The minimum Gasteiger partial charge on any atom is -0.383 e. The average molecular weight is 227 g/mol. The molecule has 4 heteroatoms. The van der Waals surface area contributed by atoms with Gasteiger partial charge >= 0.3 is 0 Å². The number of fused-ring (bicyclic) bond motifs is 1. The van der Waals surface area contributed by atoms with Gasteiger partial charge in [0.25, 0.3) is 0 Å². The van der Waals surface area contributed by atoms with Crippen LogP contribution in [0.5, 0.6) is 0 Å². The van der Waals surface area contributed by atoms with Crippen LogP contribution < -0.4 is 0 Å². The van der Waals surface area contributed by atoms with Crippen molar-refractivity contribution >= 4 is 5.91 Å². The normalized spacial score (nSPS) is 31.1. The summed E-state index contributed by atoms with van der Waals surface area (Å²) >= 11 is 0. The van der Waals surface area contributed by atoms with Gasteiger partial charge in [-0.2, -0.15) is 0 Å². The number of rotatable bonds is 3. The summed E-state index contributed by atoms with van der Waals surface area (Å²) in [6.45, 7) is 2.43.